The van der Waals surface area contributed by atoms with E-state index in [-0.39, 0.29) is 18.4 Å². The number of aromatic nitrogens is 1. The van der Waals surface area contributed by atoms with Gasteiger partial charge in [-0.1, -0.05) is 42.5 Å². The molecule has 0 spiro atoms. The minimum absolute atomic E-state index is 0.0816. The first-order valence-corrected chi connectivity index (χ1v) is 14.7. The van der Waals surface area contributed by atoms with Crippen molar-refractivity contribution in [1.82, 2.24) is 10.3 Å². The van der Waals surface area contributed by atoms with Crippen LogP contribution in [0.4, 0.5) is 11.4 Å². The highest BCUT2D eigenvalue weighted by Crippen LogP contribution is 2.35. The van der Waals surface area contributed by atoms with Crippen LogP contribution in [-0.4, -0.2) is 34.7 Å². The molecule has 4 N–H and O–H groups in total. The zero-order valence-corrected chi connectivity index (χ0v) is 24.4. The zero-order chi connectivity index (χ0) is 30.5. The molecule has 220 valence electrons. The number of anilines is 2. The van der Waals surface area contributed by atoms with Crippen molar-refractivity contribution < 1.29 is 23.9 Å². The molecule has 1 unspecified atom stereocenters. The molecule has 5 aromatic rings. The molecule has 0 fully saturated rings. The first-order valence-electron chi connectivity index (χ1n) is 13.9. The third-order valence-electron chi connectivity index (χ3n) is 6.86. The highest BCUT2D eigenvalue weighted by Gasteiger charge is 2.19. The third kappa shape index (κ3) is 6.61. The molecule has 0 radical (unpaired) electrons. The van der Waals surface area contributed by atoms with Crippen molar-refractivity contribution in [2.45, 2.75) is 17.1 Å². The number of thioether (sulfide) groups is 1. The smallest absolute Gasteiger partial charge is 0.272 e. The molecule has 44 heavy (non-hydrogen) atoms. The highest BCUT2D eigenvalue weighted by atomic mass is 32.2. The molecule has 0 saturated carbocycles. The number of benzene rings is 4. The fourth-order valence-corrected chi connectivity index (χ4v) is 5.56. The van der Waals surface area contributed by atoms with Gasteiger partial charge in [-0.3, -0.25) is 14.4 Å². The molecule has 4 aromatic carbocycles. The van der Waals surface area contributed by atoms with Gasteiger partial charge in [0.1, 0.15) is 5.70 Å². The fourth-order valence-electron chi connectivity index (χ4n) is 4.63. The number of H-pyrrole nitrogens is 1. The predicted molar refractivity (Wildman–Crippen MR) is 172 cm³/mol. The quantitative estimate of drug-likeness (QED) is 0.114. The first kappa shape index (κ1) is 28.6. The second-order valence-corrected chi connectivity index (χ2v) is 11.4. The number of hydrogen-bond donors (Lipinski definition) is 4. The van der Waals surface area contributed by atoms with Gasteiger partial charge >= 0.3 is 0 Å². The van der Waals surface area contributed by atoms with Crippen LogP contribution in [0.25, 0.3) is 17.0 Å². The molecule has 1 aliphatic rings. The van der Waals surface area contributed by atoms with Crippen LogP contribution in [-0.2, 0) is 9.59 Å². The number of carbonyl (C=O) groups excluding carboxylic acids is 3. The van der Waals surface area contributed by atoms with Gasteiger partial charge in [-0.15, -0.1) is 11.8 Å². The maximum atomic E-state index is 13.6. The highest BCUT2D eigenvalue weighted by molar-refractivity contribution is 8.00. The molecular weight excluding hydrogens is 576 g/mol. The van der Waals surface area contributed by atoms with E-state index in [0.29, 0.717) is 28.4 Å². The number of carbonyl (C=O) groups is 3. The Morgan fingerprint density at radius 2 is 1.61 bits per heavy atom. The Morgan fingerprint density at radius 1 is 0.841 bits per heavy atom. The van der Waals surface area contributed by atoms with E-state index in [4.69, 9.17) is 9.47 Å². The molecule has 10 heteroatoms. The normalized spacial score (nSPS) is 12.9. The Balaban J connectivity index is 1.17. The van der Waals surface area contributed by atoms with Gasteiger partial charge in [0.05, 0.1) is 5.25 Å². The SMILES string of the molecule is CC(Sc1cccc(NC(=O)/C(=C/c2c[nH]c3ccccc23)NC(=O)c2ccccc2)c1)C(=O)Nc1ccc2c(c1)OCO2. The zero-order valence-electron chi connectivity index (χ0n) is 23.6. The van der Waals surface area contributed by atoms with E-state index in [2.05, 4.69) is 20.9 Å². The number of fused-ring (bicyclic) bond motifs is 2. The van der Waals surface area contributed by atoms with E-state index in [1.54, 1.807) is 79.9 Å². The molecule has 1 aliphatic heterocycles. The minimum atomic E-state index is -0.490. The third-order valence-corrected chi connectivity index (χ3v) is 7.96. The van der Waals surface area contributed by atoms with Gasteiger partial charge in [-0.25, -0.2) is 0 Å². The maximum absolute atomic E-state index is 13.6. The summed E-state index contributed by atoms with van der Waals surface area (Å²) in [5.41, 5.74) is 3.30. The van der Waals surface area contributed by atoms with Gasteiger partial charge in [-0.2, -0.15) is 0 Å². The largest absolute Gasteiger partial charge is 0.454 e. The lowest BCUT2D eigenvalue weighted by atomic mass is 10.1. The number of nitrogens with one attached hydrogen (secondary N) is 4. The molecule has 3 amide bonds. The second-order valence-electron chi connectivity index (χ2n) is 9.97. The summed E-state index contributed by atoms with van der Waals surface area (Å²) in [5.74, 6) is 0.151. The molecule has 0 aliphatic carbocycles. The fraction of sp³-hybridized carbons (Fsp3) is 0.0882. The van der Waals surface area contributed by atoms with Crippen molar-refractivity contribution >= 4 is 57.8 Å². The van der Waals surface area contributed by atoms with Crippen molar-refractivity contribution in [3.8, 4) is 11.5 Å². The van der Waals surface area contributed by atoms with E-state index in [1.807, 2.05) is 36.4 Å². The number of hydrogen-bond acceptors (Lipinski definition) is 6. The van der Waals surface area contributed by atoms with E-state index < -0.39 is 17.1 Å². The van der Waals surface area contributed by atoms with Crippen LogP contribution in [0.15, 0.2) is 114 Å². The Hall–Kier alpha value is -5.48. The Bertz CT molecular complexity index is 1890. The van der Waals surface area contributed by atoms with Crippen molar-refractivity contribution in [1.29, 1.82) is 0 Å². The van der Waals surface area contributed by atoms with E-state index in [0.717, 1.165) is 21.4 Å². The summed E-state index contributed by atoms with van der Waals surface area (Å²) < 4.78 is 10.7. The molecule has 9 nitrogen and oxygen atoms in total. The van der Waals surface area contributed by atoms with Crippen LogP contribution in [0.5, 0.6) is 11.5 Å². The lowest BCUT2D eigenvalue weighted by molar-refractivity contribution is -0.115. The van der Waals surface area contributed by atoms with Crippen LogP contribution >= 0.6 is 11.8 Å². The predicted octanol–water partition coefficient (Wildman–Crippen LogP) is 6.43. The minimum Gasteiger partial charge on any atom is -0.454 e. The number of rotatable bonds is 9. The van der Waals surface area contributed by atoms with Crippen LogP contribution in [0.1, 0.15) is 22.8 Å². The summed E-state index contributed by atoms with van der Waals surface area (Å²) in [5, 5.41) is 9.05. The number of ether oxygens (including phenoxy) is 2. The van der Waals surface area contributed by atoms with Crippen molar-refractivity contribution in [3.63, 3.8) is 0 Å². The van der Waals surface area contributed by atoms with E-state index in [1.165, 1.54) is 11.8 Å². The summed E-state index contributed by atoms with van der Waals surface area (Å²) in [4.78, 5) is 43.5. The summed E-state index contributed by atoms with van der Waals surface area (Å²) in [6.45, 7) is 1.96. The van der Waals surface area contributed by atoms with Gasteiger partial charge in [0, 0.05) is 50.6 Å². The van der Waals surface area contributed by atoms with Gasteiger partial charge < -0.3 is 30.4 Å². The topological polar surface area (TPSA) is 122 Å². The van der Waals surface area contributed by atoms with E-state index >= 15 is 0 Å². The lowest BCUT2D eigenvalue weighted by Gasteiger charge is -2.14. The first-order chi connectivity index (χ1) is 21.4. The number of para-hydroxylation sites is 1. The summed E-state index contributed by atoms with van der Waals surface area (Å²) in [7, 11) is 0. The summed E-state index contributed by atoms with van der Waals surface area (Å²) >= 11 is 1.35. The second kappa shape index (κ2) is 12.8. The van der Waals surface area contributed by atoms with E-state index in [9.17, 15) is 14.4 Å². The van der Waals surface area contributed by atoms with Gasteiger partial charge in [-0.05, 0) is 61.5 Å². The van der Waals surface area contributed by atoms with Crippen molar-refractivity contribution in [3.05, 3.63) is 120 Å². The van der Waals surface area contributed by atoms with Crippen LogP contribution < -0.4 is 25.4 Å². The van der Waals surface area contributed by atoms with Gasteiger partial charge in [0.2, 0.25) is 12.7 Å². The average Bonchev–Trinajstić information content (AvgIpc) is 3.68. The molecule has 0 bridgehead atoms. The van der Waals surface area contributed by atoms with Gasteiger partial charge in [0.15, 0.2) is 11.5 Å². The number of aromatic amines is 1. The molecule has 2 heterocycles. The standard InChI is InChI=1S/C34H28N4O5S/c1-21(32(39)36-25-14-15-30-31(18-25)43-20-42-30)44-26-11-7-10-24(17-26)37-34(41)29(38-33(40)22-8-3-2-4-9-22)16-23-19-35-28-13-6-5-12-27(23)28/h2-19,21,35H,20H2,1H3,(H,36,39)(H,37,41)(H,38,40)/b29-16-. The molecule has 1 atom stereocenters. The Morgan fingerprint density at radius 3 is 2.48 bits per heavy atom. The Kier molecular flexibility index (Phi) is 8.33. The molecule has 1 aromatic heterocycles. The lowest BCUT2D eigenvalue weighted by Crippen LogP contribution is -2.30. The molecule has 0 saturated heterocycles. The van der Waals surface area contributed by atoms with Crippen LogP contribution in [0.3, 0.4) is 0 Å². The molecular formula is C34H28N4O5S. The maximum Gasteiger partial charge on any atom is 0.272 e. The van der Waals surface area contributed by atoms with Crippen LogP contribution in [0.2, 0.25) is 0 Å². The van der Waals surface area contributed by atoms with Crippen LogP contribution in [0, 0.1) is 0 Å². The summed E-state index contributed by atoms with van der Waals surface area (Å²) in [6, 6.07) is 28.9. The molecule has 6 rings (SSSR count). The van der Waals surface area contributed by atoms with Gasteiger partial charge in [0.25, 0.3) is 11.8 Å². The average molecular weight is 605 g/mol. The van der Waals surface area contributed by atoms with Crippen molar-refractivity contribution in [2.75, 3.05) is 17.4 Å². The van der Waals surface area contributed by atoms with Crippen molar-refractivity contribution in [2.24, 2.45) is 0 Å². The summed E-state index contributed by atoms with van der Waals surface area (Å²) in [6.07, 6.45) is 3.44. The number of amides is 3. The Labute approximate surface area is 257 Å². The monoisotopic (exact) mass is 604 g/mol.